The molecule has 13 rings (SSSR count). The second-order valence-electron chi connectivity index (χ2n) is 19.8. The summed E-state index contributed by atoms with van der Waals surface area (Å²) in [4.78, 5) is 4.82. The molecular weight excluding hydrogens is 881 g/mol. The van der Waals surface area contributed by atoms with Crippen LogP contribution in [0.1, 0.15) is 25.0 Å². The summed E-state index contributed by atoms with van der Waals surface area (Å²) in [6.07, 6.45) is 0. The molecule has 2 nitrogen and oxygen atoms in total. The van der Waals surface area contributed by atoms with Crippen LogP contribution in [0.15, 0.2) is 279 Å². The zero-order valence-electron chi connectivity index (χ0n) is 41.0. The van der Waals surface area contributed by atoms with Gasteiger partial charge in [-0.3, -0.25) is 0 Å². The van der Waals surface area contributed by atoms with Crippen LogP contribution in [0.4, 0.5) is 34.1 Å². The predicted octanol–water partition coefficient (Wildman–Crippen LogP) is 19.9. The van der Waals surface area contributed by atoms with E-state index >= 15 is 0 Å². The molecule has 0 aromatic heterocycles. The summed E-state index contributed by atoms with van der Waals surface area (Å²) in [5.41, 5.74) is 21.2. The molecule has 0 saturated carbocycles. The molecule has 12 aromatic carbocycles. The smallest absolute Gasteiger partial charge is 0.0465 e. The van der Waals surface area contributed by atoms with E-state index in [9.17, 15) is 0 Å². The third kappa shape index (κ3) is 8.14. The molecule has 0 fully saturated rings. The molecule has 1 aliphatic carbocycles. The zero-order chi connectivity index (χ0) is 48.9. The number of anilines is 6. The van der Waals surface area contributed by atoms with Crippen LogP contribution in [-0.4, -0.2) is 0 Å². The standard InChI is InChI=1S/C71H52N2/c1-71(2)69-47-65(72(61-33-25-53(26-34-61)49-13-5-3-6-14-49)63-37-29-55(30-38-63)59-23-21-51-17-9-11-19-57(51)45-59)41-43-67(69)68-44-42-66(48-70(68)71)73(62-35-27-54(28-36-62)50-15-7-4-8-16-50)64-39-31-56(32-40-64)60-24-22-52-18-10-12-20-58(52)46-60/h3-48H,1-2H3. The second-order valence-corrected chi connectivity index (χ2v) is 19.8. The average Bonchev–Trinajstić information content (AvgIpc) is 3.68. The molecule has 0 spiro atoms. The number of rotatable bonds is 10. The van der Waals surface area contributed by atoms with E-state index in [0.29, 0.717) is 0 Å². The molecule has 73 heavy (non-hydrogen) atoms. The first kappa shape index (κ1) is 43.8. The molecule has 0 radical (unpaired) electrons. The van der Waals surface area contributed by atoms with Crippen LogP contribution in [0.2, 0.25) is 0 Å². The summed E-state index contributed by atoms with van der Waals surface area (Å²) in [5.74, 6) is 0. The first-order chi connectivity index (χ1) is 35.9. The number of fused-ring (bicyclic) bond motifs is 5. The zero-order valence-corrected chi connectivity index (χ0v) is 41.0. The largest absolute Gasteiger partial charge is 0.310 e. The predicted molar refractivity (Wildman–Crippen MR) is 310 cm³/mol. The van der Waals surface area contributed by atoms with Gasteiger partial charge < -0.3 is 9.80 Å². The SMILES string of the molecule is CC1(C)c2cc(N(c3ccc(-c4ccccc4)cc3)c3ccc(-c4ccc5ccccc5c4)cc3)ccc2-c2ccc(N(c3ccc(-c4ccccc4)cc3)c3ccc(-c4ccc5ccccc5c4)cc3)cc21. The summed E-state index contributed by atoms with van der Waals surface area (Å²) in [5, 5.41) is 4.99. The minimum atomic E-state index is -0.289. The summed E-state index contributed by atoms with van der Waals surface area (Å²) >= 11 is 0. The molecule has 0 unspecified atom stereocenters. The normalized spacial score (nSPS) is 12.4. The lowest BCUT2D eigenvalue weighted by Gasteiger charge is -2.29. The van der Waals surface area contributed by atoms with Gasteiger partial charge in [0.25, 0.3) is 0 Å². The van der Waals surface area contributed by atoms with E-state index in [-0.39, 0.29) is 5.41 Å². The van der Waals surface area contributed by atoms with E-state index in [1.165, 1.54) is 88.3 Å². The molecule has 12 aromatic rings. The second kappa shape index (κ2) is 18.2. The van der Waals surface area contributed by atoms with Gasteiger partial charge in [-0.2, -0.15) is 0 Å². The highest BCUT2D eigenvalue weighted by molar-refractivity contribution is 5.92. The Labute approximate surface area is 428 Å². The van der Waals surface area contributed by atoms with Crippen LogP contribution in [0.3, 0.4) is 0 Å². The Bertz CT molecular complexity index is 3690. The van der Waals surface area contributed by atoms with Crippen molar-refractivity contribution in [2.24, 2.45) is 0 Å². The highest BCUT2D eigenvalue weighted by Crippen LogP contribution is 2.53. The van der Waals surface area contributed by atoms with Crippen LogP contribution in [0.5, 0.6) is 0 Å². The highest BCUT2D eigenvalue weighted by atomic mass is 15.1. The molecule has 346 valence electrons. The quantitative estimate of drug-likeness (QED) is 0.135. The van der Waals surface area contributed by atoms with Gasteiger partial charge in [-0.25, -0.2) is 0 Å². The summed E-state index contributed by atoms with van der Waals surface area (Å²) < 4.78 is 0. The van der Waals surface area contributed by atoms with Gasteiger partial charge in [0.15, 0.2) is 0 Å². The Morgan fingerprint density at radius 3 is 0.849 bits per heavy atom. The van der Waals surface area contributed by atoms with E-state index in [1.54, 1.807) is 0 Å². The first-order valence-electron chi connectivity index (χ1n) is 25.3. The third-order valence-electron chi connectivity index (χ3n) is 15.0. The lowest BCUT2D eigenvalue weighted by molar-refractivity contribution is 0.660. The van der Waals surface area contributed by atoms with Gasteiger partial charge >= 0.3 is 0 Å². The maximum absolute atomic E-state index is 2.43. The molecule has 0 atom stereocenters. The summed E-state index contributed by atoms with van der Waals surface area (Å²) in [6, 6.07) is 102. The molecule has 0 saturated heterocycles. The van der Waals surface area contributed by atoms with Crippen LogP contribution >= 0.6 is 0 Å². The molecule has 2 heteroatoms. The number of hydrogen-bond donors (Lipinski definition) is 0. The minimum Gasteiger partial charge on any atom is -0.310 e. The maximum atomic E-state index is 2.43. The molecule has 1 aliphatic rings. The van der Waals surface area contributed by atoms with Crippen LogP contribution in [0, 0.1) is 0 Å². The summed E-state index contributed by atoms with van der Waals surface area (Å²) in [6.45, 7) is 4.78. The molecule has 0 heterocycles. The van der Waals surface area contributed by atoms with Gasteiger partial charge in [0.1, 0.15) is 0 Å². The fourth-order valence-corrected chi connectivity index (χ4v) is 11.1. The Kier molecular flexibility index (Phi) is 10.9. The Morgan fingerprint density at radius 2 is 0.493 bits per heavy atom. The number of hydrogen-bond acceptors (Lipinski definition) is 2. The van der Waals surface area contributed by atoms with Crippen LogP contribution in [-0.2, 0) is 5.41 Å². The van der Waals surface area contributed by atoms with Crippen LogP contribution in [0.25, 0.3) is 77.2 Å². The van der Waals surface area contributed by atoms with Gasteiger partial charge in [-0.15, -0.1) is 0 Å². The van der Waals surface area contributed by atoms with Crippen molar-refractivity contribution in [2.45, 2.75) is 19.3 Å². The number of benzene rings is 12. The first-order valence-corrected chi connectivity index (χ1v) is 25.3. The van der Waals surface area contributed by atoms with Crippen LogP contribution < -0.4 is 9.80 Å². The Balaban J connectivity index is 0.875. The molecule has 0 amide bonds. The monoisotopic (exact) mass is 932 g/mol. The Hall–Kier alpha value is -9.24. The molecular formula is C71H52N2. The van der Waals surface area contributed by atoms with E-state index < -0.39 is 0 Å². The van der Waals surface area contributed by atoms with Crippen molar-refractivity contribution in [3.05, 3.63) is 290 Å². The van der Waals surface area contributed by atoms with Gasteiger partial charge in [-0.05, 0) is 173 Å². The molecule has 0 aliphatic heterocycles. The van der Waals surface area contributed by atoms with Gasteiger partial charge in [0.2, 0.25) is 0 Å². The number of nitrogens with zero attached hydrogens (tertiary/aromatic N) is 2. The van der Waals surface area contributed by atoms with E-state index in [1.807, 2.05) is 0 Å². The van der Waals surface area contributed by atoms with Crippen molar-refractivity contribution in [3.63, 3.8) is 0 Å². The van der Waals surface area contributed by atoms with Gasteiger partial charge in [0, 0.05) is 39.5 Å². The van der Waals surface area contributed by atoms with E-state index in [4.69, 9.17) is 0 Å². The fraction of sp³-hybridized carbons (Fsp3) is 0.0423. The van der Waals surface area contributed by atoms with Gasteiger partial charge in [0.05, 0.1) is 0 Å². The summed E-state index contributed by atoms with van der Waals surface area (Å²) in [7, 11) is 0. The van der Waals surface area contributed by atoms with E-state index in [2.05, 4.69) is 303 Å². The third-order valence-corrected chi connectivity index (χ3v) is 15.0. The molecule has 0 bridgehead atoms. The van der Waals surface area contributed by atoms with Crippen molar-refractivity contribution < 1.29 is 0 Å². The van der Waals surface area contributed by atoms with Gasteiger partial charge in [-0.1, -0.05) is 208 Å². The molecule has 0 N–H and O–H groups in total. The average molecular weight is 933 g/mol. The van der Waals surface area contributed by atoms with Crippen molar-refractivity contribution >= 4 is 55.7 Å². The fourth-order valence-electron chi connectivity index (χ4n) is 11.1. The Morgan fingerprint density at radius 1 is 0.219 bits per heavy atom. The van der Waals surface area contributed by atoms with Crippen molar-refractivity contribution in [2.75, 3.05) is 9.80 Å². The van der Waals surface area contributed by atoms with Crippen molar-refractivity contribution in [1.29, 1.82) is 0 Å². The van der Waals surface area contributed by atoms with Crippen molar-refractivity contribution in [1.82, 2.24) is 0 Å². The maximum Gasteiger partial charge on any atom is 0.0465 e. The topological polar surface area (TPSA) is 6.48 Å². The lowest BCUT2D eigenvalue weighted by atomic mass is 9.82. The van der Waals surface area contributed by atoms with E-state index in [0.717, 1.165) is 34.1 Å². The lowest BCUT2D eigenvalue weighted by Crippen LogP contribution is -2.17. The minimum absolute atomic E-state index is 0.289. The van der Waals surface area contributed by atoms with Crippen molar-refractivity contribution in [3.8, 4) is 55.6 Å². The highest BCUT2D eigenvalue weighted by Gasteiger charge is 2.37.